The molecule has 1 aliphatic carbocycles. The highest BCUT2D eigenvalue weighted by atomic mass is 19.1. The minimum Gasteiger partial charge on any atom is -0.395 e. The topological polar surface area (TPSA) is 70.1 Å². The van der Waals surface area contributed by atoms with Crippen molar-refractivity contribution in [3.8, 4) is 0 Å². The van der Waals surface area contributed by atoms with E-state index in [0.717, 1.165) is 18.5 Å². The number of aromatic nitrogens is 2. The Bertz CT molecular complexity index is 631. The lowest BCUT2D eigenvalue weighted by molar-refractivity contribution is 0.311. The van der Waals surface area contributed by atoms with E-state index < -0.39 is 0 Å². The van der Waals surface area contributed by atoms with E-state index in [2.05, 4.69) is 20.6 Å². The van der Waals surface area contributed by atoms with Crippen molar-refractivity contribution >= 4 is 17.5 Å². The molecule has 3 rings (SSSR count). The number of benzene rings is 1. The van der Waals surface area contributed by atoms with Gasteiger partial charge in [0.1, 0.15) is 11.6 Å². The smallest absolute Gasteiger partial charge is 0.224 e. The standard InChI is InChI=1S/C15H17FN4O/c16-11-2-1-3-12(8-11)18-14-9-13(10-4-5-10)19-15(20-14)17-6-7-21/h1-3,8-10,21H,4-7H2,(H2,17,18,19,20). The summed E-state index contributed by atoms with van der Waals surface area (Å²) in [7, 11) is 0. The van der Waals surface area contributed by atoms with Crippen molar-refractivity contribution in [1.29, 1.82) is 0 Å². The number of hydrogen-bond acceptors (Lipinski definition) is 5. The quantitative estimate of drug-likeness (QED) is 0.762. The van der Waals surface area contributed by atoms with Gasteiger partial charge in [0.2, 0.25) is 5.95 Å². The number of halogens is 1. The van der Waals surface area contributed by atoms with E-state index >= 15 is 0 Å². The van der Waals surface area contributed by atoms with Crippen LogP contribution in [0, 0.1) is 5.82 Å². The first-order valence-electron chi connectivity index (χ1n) is 7.01. The maximum absolute atomic E-state index is 13.2. The summed E-state index contributed by atoms with van der Waals surface area (Å²) in [4.78, 5) is 8.78. The summed E-state index contributed by atoms with van der Waals surface area (Å²) < 4.78 is 13.2. The summed E-state index contributed by atoms with van der Waals surface area (Å²) in [6, 6.07) is 8.13. The van der Waals surface area contributed by atoms with E-state index in [9.17, 15) is 4.39 Å². The van der Waals surface area contributed by atoms with Crippen molar-refractivity contribution in [3.63, 3.8) is 0 Å². The van der Waals surface area contributed by atoms with Crippen LogP contribution in [0.4, 0.5) is 21.8 Å². The lowest BCUT2D eigenvalue weighted by Crippen LogP contribution is -2.10. The van der Waals surface area contributed by atoms with Crippen LogP contribution in [-0.2, 0) is 0 Å². The molecule has 0 amide bonds. The third-order valence-electron chi connectivity index (χ3n) is 3.23. The zero-order chi connectivity index (χ0) is 14.7. The Morgan fingerprint density at radius 3 is 2.81 bits per heavy atom. The molecule has 0 atom stereocenters. The molecule has 1 aromatic heterocycles. The molecule has 6 heteroatoms. The van der Waals surface area contributed by atoms with Crippen molar-refractivity contribution in [2.24, 2.45) is 0 Å². The Labute approximate surface area is 122 Å². The van der Waals surface area contributed by atoms with E-state index in [1.54, 1.807) is 12.1 Å². The van der Waals surface area contributed by atoms with Crippen LogP contribution in [0.1, 0.15) is 24.5 Å². The summed E-state index contributed by atoms with van der Waals surface area (Å²) in [5, 5.41) is 14.9. The molecule has 2 aromatic rings. The number of nitrogens with zero attached hydrogens (tertiary/aromatic N) is 2. The fourth-order valence-corrected chi connectivity index (χ4v) is 2.08. The highest BCUT2D eigenvalue weighted by molar-refractivity contribution is 5.58. The van der Waals surface area contributed by atoms with Crippen LogP contribution >= 0.6 is 0 Å². The molecule has 0 spiro atoms. The number of hydrogen-bond donors (Lipinski definition) is 3. The number of nitrogens with one attached hydrogen (secondary N) is 2. The van der Waals surface area contributed by atoms with Gasteiger partial charge >= 0.3 is 0 Å². The minimum absolute atomic E-state index is 0.0175. The van der Waals surface area contributed by atoms with Gasteiger partial charge in [-0.15, -0.1) is 0 Å². The SMILES string of the molecule is OCCNc1nc(Nc2cccc(F)c2)cc(C2CC2)n1. The zero-order valence-corrected chi connectivity index (χ0v) is 11.5. The second-order valence-corrected chi connectivity index (χ2v) is 5.06. The van der Waals surface area contributed by atoms with E-state index in [-0.39, 0.29) is 12.4 Å². The molecule has 0 aliphatic heterocycles. The molecule has 5 nitrogen and oxygen atoms in total. The maximum atomic E-state index is 13.2. The van der Waals surface area contributed by atoms with E-state index in [1.165, 1.54) is 12.1 Å². The first kappa shape index (κ1) is 13.8. The summed E-state index contributed by atoms with van der Waals surface area (Å²) in [5.74, 6) is 1.29. The minimum atomic E-state index is -0.296. The van der Waals surface area contributed by atoms with Gasteiger partial charge in [-0.05, 0) is 31.0 Å². The predicted octanol–water partition coefficient (Wildman–Crippen LogP) is 2.64. The third kappa shape index (κ3) is 3.66. The van der Waals surface area contributed by atoms with Crippen LogP contribution in [0.15, 0.2) is 30.3 Å². The first-order chi connectivity index (χ1) is 10.2. The van der Waals surface area contributed by atoms with Crippen LogP contribution in [0.25, 0.3) is 0 Å². The fourth-order valence-electron chi connectivity index (χ4n) is 2.08. The second-order valence-electron chi connectivity index (χ2n) is 5.06. The molecule has 1 heterocycles. The van der Waals surface area contributed by atoms with Crippen LogP contribution < -0.4 is 10.6 Å². The zero-order valence-electron chi connectivity index (χ0n) is 11.5. The van der Waals surface area contributed by atoms with Gasteiger partial charge in [-0.2, -0.15) is 4.98 Å². The Hall–Kier alpha value is -2.21. The van der Waals surface area contributed by atoms with Crippen molar-refractivity contribution < 1.29 is 9.50 Å². The fraction of sp³-hybridized carbons (Fsp3) is 0.333. The molecule has 0 unspecified atom stereocenters. The molecular weight excluding hydrogens is 271 g/mol. The Morgan fingerprint density at radius 1 is 1.24 bits per heavy atom. The van der Waals surface area contributed by atoms with Gasteiger partial charge in [0, 0.05) is 24.2 Å². The van der Waals surface area contributed by atoms with Gasteiger partial charge in [0.05, 0.1) is 12.3 Å². The molecule has 1 fully saturated rings. The molecular formula is C15H17FN4O. The van der Waals surface area contributed by atoms with Crippen LogP contribution in [-0.4, -0.2) is 28.2 Å². The molecule has 0 bridgehead atoms. The van der Waals surface area contributed by atoms with E-state index in [4.69, 9.17) is 5.11 Å². The molecule has 0 saturated heterocycles. The Kier molecular flexibility index (Phi) is 3.96. The lowest BCUT2D eigenvalue weighted by atomic mass is 10.2. The van der Waals surface area contributed by atoms with Crippen molar-refractivity contribution in [2.45, 2.75) is 18.8 Å². The van der Waals surface area contributed by atoms with Crippen molar-refractivity contribution in [2.75, 3.05) is 23.8 Å². The maximum Gasteiger partial charge on any atom is 0.224 e. The average molecular weight is 288 g/mol. The van der Waals surface area contributed by atoms with Gasteiger partial charge in [0.15, 0.2) is 0 Å². The molecule has 21 heavy (non-hydrogen) atoms. The van der Waals surface area contributed by atoms with Crippen molar-refractivity contribution in [3.05, 3.63) is 41.8 Å². The van der Waals surface area contributed by atoms with Gasteiger partial charge in [-0.25, -0.2) is 9.37 Å². The molecule has 3 N–H and O–H groups in total. The first-order valence-corrected chi connectivity index (χ1v) is 7.01. The third-order valence-corrected chi connectivity index (χ3v) is 3.23. The van der Waals surface area contributed by atoms with Crippen LogP contribution in [0.2, 0.25) is 0 Å². The average Bonchev–Trinajstić information content (AvgIpc) is 3.29. The Morgan fingerprint density at radius 2 is 2.10 bits per heavy atom. The predicted molar refractivity (Wildman–Crippen MR) is 79.3 cm³/mol. The summed E-state index contributed by atoms with van der Waals surface area (Å²) in [5.41, 5.74) is 1.62. The summed E-state index contributed by atoms with van der Waals surface area (Å²) in [6.07, 6.45) is 2.27. The van der Waals surface area contributed by atoms with E-state index in [0.29, 0.717) is 29.9 Å². The largest absolute Gasteiger partial charge is 0.395 e. The monoisotopic (exact) mass is 288 g/mol. The van der Waals surface area contributed by atoms with Crippen LogP contribution in [0.3, 0.4) is 0 Å². The molecule has 1 saturated carbocycles. The van der Waals surface area contributed by atoms with Gasteiger partial charge in [-0.1, -0.05) is 6.07 Å². The van der Waals surface area contributed by atoms with Gasteiger partial charge in [0.25, 0.3) is 0 Å². The normalized spacial score (nSPS) is 14.0. The second kappa shape index (κ2) is 6.05. The number of anilines is 3. The molecule has 0 radical (unpaired) electrons. The summed E-state index contributed by atoms with van der Waals surface area (Å²) in [6.45, 7) is 0.414. The number of rotatable bonds is 6. The Balaban J connectivity index is 1.84. The lowest BCUT2D eigenvalue weighted by Gasteiger charge is -2.10. The molecule has 1 aliphatic rings. The summed E-state index contributed by atoms with van der Waals surface area (Å²) >= 11 is 0. The van der Waals surface area contributed by atoms with Crippen molar-refractivity contribution in [1.82, 2.24) is 9.97 Å². The van der Waals surface area contributed by atoms with Gasteiger partial charge < -0.3 is 15.7 Å². The molecule has 1 aromatic carbocycles. The van der Waals surface area contributed by atoms with E-state index in [1.807, 2.05) is 6.07 Å². The highest BCUT2D eigenvalue weighted by Gasteiger charge is 2.26. The number of aliphatic hydroxyl groups excluding tert-OH is 1. The van der Waals surface area contributed by atoms with Crippen LogP contribution in [0.5, 0.6) is 0 Å². The van der Waals surface area contributed by atoms with Gasteiger partial charge in [-0.3, -0.25) is 0 Å². The molecule has 110 valence electrons. The number of aliphatic hydroxyl groups is 1. The highest BCUT2D eigenvalue weighted by Crippen LogP contribution is 2.40.